The SMILES string of the molecule is O=C(CCC(=O)c1ccc2c(c1)OCCO2)NCC(C1CCOC1)N1CCOCC1. The Bertz CT molecular complexity index is 743. The minimum Gasteiger partial charge on any atom is -0.486 e. The highest BCUT2D eigenvalue weighted by atomic mass is 16.6. The number of carbonyl (C=O) groups is 2. The highest BCUT2D eigenvalue weighted by molar-refractivity contribution is 5.98. The van der Waals surface area contributed by atoms with Crippen molar-refractivity contribution >= 4 is 11.7 Å². The van der Waals surface area contributed by atoms with Crippen LogP contribution in [0.5, 0.6) is 11.5 Å². The number of ketones is 1. The summed E-state index contributed by atoms with van der Waals surface area (Å²) in [6, 6.07) is 5.41. The molecule has 1 N–H and O–H groups in total. The molecule has 3 heterocycles. The summed E-state index contributed by atoms with van der Waals surface area (Å²) in [7, 11) is 0. The van der Waals surface area contributed by atoms with E-state index < -0.39 is 0 Å². The lowest BCUT2D eigenvalue weighted by molar-refractivity contribution is -0.121. The van der Waals surface area contributed by atoms with Gasteiger partial charge in [0, 0.05) is 56.6 Å². The van der Waals surface area contributed by atoms with Crippen LogP contribution in [0.4, 0.5) is 0 Å². The van der Waals surface area contributed by atoms with Gasteiger partial charge < -0.3 is 24.3 Å². The quantitative estimate of drug-likeness (QED) is 0.637. The van der Waals surface area contributed by atoms with Crippen LogP contribution < -0.4 is 14.8 Å². The molecule has 3 aliphatic rings. The number of Topliss-reactive ketones (excluding diaryl/α,β-unsaturated/α-hetero) is 1. The molecular weight excluding hydrogens is 388 g/mol. The van der Waals surface area contributed by atoms with Crippen molar-refractivity contribution in [1.82, 2.24) is 10.2 Å². The van der Waals surface area contributed by atoms with E-state index in [4.69, 9.17) is 18.9 Å². The van der Waals surface area contributed by atoms with Gasteiger partial charge in [0.2, 0.25) is 5.91 Å². The van der Waals surface area contributed by atoms with E-state index in [2.05, 4.69) is 10.2 Å². The van der Waals surface area contributed by atoms with E-state index in [0.717, 1.165) is 45.9 Å². The molecule has 1 amide bonds. The monoisotopic (exact) mass is 418 g/mol. The molecule has 2 saturated heterocycles. The van der Waals surface area contributed by atoms with Crippen LogP contribution in [-0.4, -0.2) is 81.9 Å². The number of hydrogen-bond acceptors (Lipinski definition) is 7. The first-order valence-electron chi connectivity index (χ1n) is 10.8. The molecule has 3 aliphatic heterocycles. The lowest BCUT2D eigenvalue weighted by Crippen LogP contribution is -2.52. The summed E-state index contributed by atoms with van der Waals surface area (Å²) >= 11 is 0. The smallest absolute Gasteiger partial charge is 0.220 e. The van der Waals surface area contributed by atoms with E-state index in [1.807, 2.05) is 0 Å². The number of hydrogen-bond donors (Lipinski definition) is 1. The molecule has 1 aromatic rings. The van der Waals surface area contributed by atoms with Crippen LogP contribution in [0.15, 0.2) is 18.2 Å². The van der Waals surface area contributed by atoms with E-state index in [1.54, 1.807) is 18.2 Å². The summed E-state index contributed by atoms with van der Waals surface area (Å²) in [6.45, 7) is 6.28. The van der Waals surface area contributed by atoms with Crippen LogP contribution in [0.1, 0.15) is 29.6 Å². The third-order valence-electron chi connectivity index (χ3n) is 5.98. The minimum absolute atomic E-state index is 0.0731. The van der Waals surface area contributed by atoms with Crippen LogP contribution in [0.2, 0.25) is 0 Å². The Morgan fingerprint density at radius 3 is 2.57 bits per heavy atom. The van der Waals surface area contributed by atoms with Gasteiger partial charge in [-0.1, -0.05) is 0 Å². The number of nitrogens with zero attached hydrogens (tertiary/aromatic N) is 1. The second-order valence-electron chi connectivity index (χ2n) is 7.93. The molecule has 0 aromatic heterocycles. The first-order chi connectivity index (χ1) is 14.7. The molecule has 0 spiro atoms. The average Bonchev–Trinajstić information content (AvgIpc) is 3.32. The van der Waals surface area contributed by atoms with Gasteiger partial charge in [-0.2, -0.15) is 0 Å². The zero-order valence-electron chi connectivity index (χ0n) is 17.3. The van der Waals surface area contributed by atoms with E-state index in [9.17, 15) is 9.59 Å². The number of carbonyl (C=O) groups excluding carboxylic acids is 2. The largest absolute Gasteiger partial charge is 0.486 e. The summed E-state index contributed by atoms with van der Waals surface area (Å²) < 4.78 is 22.0. The lowest BCUT2D eigenvalue weighted by atomic mass is 9.96. The van der Waals surface area contributed by atoms with Crippen molar-refractivity contribution < 1.29 is 28.5 Å². The Labute approximate surface area is 176 Å². The number of nitrogens with one attached hydrogen (secondary N) is 1. The molecule has 2 atom stereocenters. The number of amides is 1. The van der Waals surface area contributed by atoms with Gasteiger partial charge in [-0.3, -0.25) is 14.5 Å². The molecule has 30 heavy (non-hydrogen) atoms. The number of benzene rings is 1. The zero-order chi connectivity index (χ0) is 20.8. The van der Waals surface area contributed by atoms with Gasteiger partial charge >= 0.3 is 0 Å². The Hall–Kier alpha value is -2.16. The van der Waals surface area contributed by atoms with Crippen LogP contribution in [0, 0.1) is 5.92 Å². The Balaban J connectivity index is 1.26. The Morgan fingerprint density at radius 1 is 1.00 bits per heavy atom. The van der Waals surface area contributed by atoms with Crippen molar-refractivity contribution in [2.75, 3.05) is 59.3 Å². The third-order valence-corrected chi connectivity index (χ3v) is 5.98. The Morgan fingerprint density at radius 2 is 1.80 bits per heavy atom. The second kappa shape index (κ2) is 10.2. The van der Waals surface area contributed by atoms with Crippen molar-refractivity contribution in [3.63, 3.8) is 0 Å². The third kappa shape index (κ3) is 5.30. The first-order valence-corrected chi connectivity index (χ1v) is 10.8. The van der Waals surface area contributed by atoms with Crippen LogP contribution in [0.3, 0.4) is 0 Å². The van der Waals surface area contributed by atoms with E-state index in [-0.39, 0.29) is 30.6 Å². The lowest BCUT2D eigenvalue weighted by Gasteiger charge is -2.37. The second-order valence-corrected chi connectivity index (χ2v) is 7.93. The maximum Gasteiger partial charge on any atom is 0.220 e. The fraction of sp³-hybridized carbons (Fsp3) is 0.636. The van der Waals surface area contributed by atoms with Gasteiger partial charge in [-0.05, 0) is 24.6 Å². The van der Waals surface area contributed by atoms with Crippen molar-refractivity contribution in [1.29, 1.82) is 0 Å². The standard InChI is InChI=1S/C22H30N2O6/c25-19(16-1-3-20-21(13-16)30-12-11-29-20)2-4-22(26)23-14-18(17-5-8-28-15-17)24-6-9-27-10-7-24/h1,3,13,17-18H,2,4-12,14-15H2,(H,23,26). The molecule has 0 aliphatic carbocycles. The molecule has 164 valence electrons. The summed E-state index contributed by atoms with van der Waals surface area (Å²) in [4.78, 5) is 27.3. The van der Waals surface area contributed by atoms with E-state index >= 15 is 0 Å². The van der Waals surface area contributed by atoms with Crippen LogP contribution in [-0.2, 0) is 14.3 Å². The van der Waals surface area contributed by atoms with Gasteiger partial charge in [-0.15, -0.1) is 0 Å². The molecule has 8 heteroatoms. The van der Waals surface area contributed by atoms with Gasteiger partial charge in [0.1, 0.15) is 13.2 Å². The zero-order valence-corrected chi connectivity index (χ0v) is 17.3. The highest BCUT2D eigenvalue weighted by Gasteiger charge is 2.31. The van der Waals surface area contributed by atoms with E-state index in [0.29, 0.717) is 42.7 Å². The normalized spacial score (nSPS) is 22.5. The molecule has 2 unspecified atom stereocenters. The maximum absolute atomic E-state index is 12.5. The summed E-state index contributed by atoms with van der Waals surface area (Å²) in [5.41, 5.74) is 0.543. The number of ether oxygens (including phenoxy) is 4. The summed E-state index contributed by atoms with van der Waals surface area (Å²) in [5, 5.41) is 3.04. The van der Waals surface area contributed by atoms with Crippen molar-refractivity contribution in [2.24, 2.45) is 5.92 Å². The number of rotatable bonds is 8. The van der Waals surface area contributed by atoms with Crippen molar-refractivity contribution in [3.05, 3.63) is 23.8 Å². The maximum atomic E-state index is 12.5. The molecular formula is C22H30N2O6. The molecule has 2 fully saturated rings. The van der Waals surface area contributed by atoms with Gasteiger partial charge in [-0.25, -0.2) is 0 Å². The Kier molecular flexibility index (Phi) is 7.20. The minimum atomic E-state index is -0.0990. The first kappa shape index (κ1) is 21.1. The summed E-state index contributed by atoms with van der Waals surface area (Å²) in [5.74, 6) is 1.49. The fourth-order valence-corrected chi connectivity index (χ4v) is 4.25. The van der Waals surface area contributed by atoms with Crippen LogP contribution in [0.25, 0.3) is 0 Å². The molecule has 0 saturated carbocycles. The van der Waals surface area contributed by atoms with Crippen molar-refractivity contribution in [3.8, 4) is 11.5 Å². The van der Waals surface area contributed by atoms with Gasteiger partial charge in [0.15, 0.2) is 17.3 Å². The fourth-order valence-electron chi connectivity index (χ4n) is 4.25. The van der Waals surface area contributed by atoms with Crippen LogP contribution >= 0.6 is 0 Å². The molecule has 4 rings (SSSR count). The molecule has 1 aromatic carbocycles. The molecule has 0 radical (unpaired) electrons. The topological polar surface area (TPSA) is 86.3 Å². The van der Waals surface area contributed by atoms with Gasteiger partial charge in [0.25, 0.3) is 0 Å². The average molecular weight is 418 g/mol. The predicted octanol–water partition coefficient (Wildman–Crippen LogP) is 1.27. The number of morpholine rings is 1. The summed E-state index contributed by atoms with van der Waals surface area (Å²) in [6.07, 6.45) is 1.35. The predicted molar refractivity (Wildman–Crippen MR) is 109 cm³/mol. The van der Waals surface area contributed by atoms with Crippen molar-refractivity contribution in [2.45, 2.75) is 25.3 Å². The highest BCUT2D eigenvalue weighted by Crippen LogP contribution is 2.31. The molecule has 0 bridgehead atoms. The molecule has 8 nitrogen and oxygen atoms in total. The van der Waals surface area contributed by atoms with Gasteiger partial charge in [0.05, 0.1) is 19.8 Å². The van der Waals surface area contributed by atoms with E-state index in [1.165, 1.54) is 0 Å². The number of fused-ring (bicyclic) bond motifs is 1.